The third kappa shape index (κ3) is 16.3. The highest BCUT2D eigenvalue weighted by atomic mass is 16.8. The lowest BCUT2D eigenvalue weighted by Gasteiger charge is -2.47. The first-order chi connectivity index (χ1) is 37.2. The Morgan fingerprint density at radius 1 is 0.429 bits per heavy atom. The Hall–Kier alpha value is -7.37. The molecule has 7 rings (SSSR count). The number of esters is 3. The maximum atomic E-state index is 12.9. The summed E-state index contributed by atoms with van der Waals surface area (Å²) in [4.78, 5) is 49.3. The molecule has 412 valence electrons. The van der Waals surface area contributed by atoms with Crippen LogP contribution in [-0.2, 0) is 88.2 Å². The Morgan fingerprint density at radius 2 is 0.805 bits per heavy atom. The van der Waals surface area contributed by atoms with Crippen molar-refractivity contribution in [2.75, 3.05) is 41.7 Å². The van der Waals surface area contributed by atoms with Crippen molar-refractivity contribution >= 4 is 23.6 Å². The molecule has 0 N–H and O–H groups in total. The molecule has 2 aliphatic rings. The van der Waals surface area contributed by atoms with E-state index in [0.29, 0.717) is 23.0 Å². The minimum absolute atomic E-state index is 0.0177. The second-order valence-corrected chi connectivity index (χ2v) is 17.7. The average Bonchev–Trinajstić information content (AvgIpc) is 3.46. The highest BCUT2D eigenvalue weighted by molar-refractivity contribution is 5.68. The molecule has 5 aromatic carbocycles. The number of ether oxygens (including phenoxy) is 15. The number of carbonyl (C=O) groups excluding carboxylic acids is 3. The first-order valence-electron chi connectivity index (χ1n) is 24.5. The van der Waals surface area contributed by atoms with Crippen LogP contribution >= 0.6 is 0 Å². The monoisotopic (exact) mass is 1070 g/mol. The number of non-ortho nitro benzene ring substituents is 1. The number of nitro groups is 1. The van der Waals surface area contributed by atoms with Crippen LogP contribution in [0.2, 0.25) is 0 Å². The summed E-state index contributed by atoms with van der Waals surface area (Å²) in [5.74, 6) is 0.241. The molecule has 0 radical (unpaired) electrons. The molecule has 0 spiro atoms. The van der Waals surface area contributed by atoms with Crippen LogP contribution < -0.4 is 23.7 Å². The van der Waals surface area contributed by atoms with Crippen LogP contribution in [0.1, 0.15) is 43.0 Å². The van der Waals surface area contributed by atoms with E-state index in [1.807, 2.05) is 84.9 Å². The van der Waals surface area contributed by atoms with E-state index in [2.05, 4.69) is 0 Å². The van der Waals surface area contributed by atoms with E-state index < -0.39 is 90.8 Å². The maximum Gasteiger partial charge on any atom is 0.303 e. The van der Waals surface area contributed by atoms with Gasteiger partial charge in [-0.25, -0.2) is 0 Å². The van der Waals surface area contributed by atoms with Gasteiger partial charge < -0.3 is 71.1 Å². The molecule has 21 heteroatoms. The largest absolute Gasteiger partial charge is 0.497 e. The molecule has 0 unspecified atom stereocenters. The van der Waals surface area contributed by atoms with Crippen LogP contribution in [0, 0.1) is 10.1 Å². The first-order valence-corrected chi connectivity index (χ1v) is 24.5. The predicted octanol–water partition coefficient (Wildman–Crippen LogP) is 7.24. The van der Waals surface area contributed by atoms with Crippen molar-refractivity contribution in [3.05, 3.63) is 154 Å². The standard InChI is InChI=1S/C56H63NO20/c1-34(58)72-50-48(77-56(54(74-36(3)60)52(50)73-35(2)59)75-46-26-16-41(17-27-46)57(61)62)33-71-55-53(70-31-40-14-24-45(66-7)25-15-40)51(69-30-39-12-22-44(65-6)23-13-39)49(68-29-38-10-20-43(64-5)21-11-38)47(76-55)32-67-28-37-8-18-42(63-4)19-9-37/h8-27,47-56H,28-33H2,1-7H3/t47-,48-,49-,50-,51+,52+,53-,54-,55+,56+/m1/s1. The molecule has 2 aliphatic heterocycles. The average molecular weight is 1070 g/mol. The van der Waals surface area contributed by atoms with E-state index in [1.165, 1.54) is 24.3 Å². The summed E-state index contributed by atoms with van der Waals surface area (Å²) >= 11 is 0. The lowest BCUT2D eigenvalue weighted by molar-refractivity contribution is -0.384. The number of hydrogen-bond donors (Lipinski definition) is 0. The van der Waals surface area contributed by atoms with Gasteiger partial charge in [0.2, 0.25) is 12.4 Å². The highest BCUT2D eigenvalue weighted by Gasteiger charge is 2.55. The molecule has 0 amide bonds. The number of nitrogens with zero attached hydrogens (tertiary/aromatic N) is 1. The summed E-state index contributed by atoms with van der Waals surface area (Å²) in [6.45, 7) is 3.22. The fourth-order valence-electron chi connectivity index (χ4n) is 8.53. The van der Waals surface area contributed by atoms with E-state index >= 15 is 0 Å². The van der Waals surface area contributed by atoms with Gasteiger partial charge in [-0.2, -0.15) is 0 Å². The zero-order valence-electron chi connectivity index (χ0n) is 43.7. The van der Waals surface area contributed by atoms with Gasteiger partial charge in [-0.3, -0.25) is 24.5 Å². The minimum Gasteiger partial charge on any atom is -0.497 e. The summed E-state index contributed by atoms with van der Waals surface area (Å²) in [6, 6.07) is 34.5. The first kappa shape index (κ1) is 57.3. The van der Waals surface area contributed by atoms with Crippen LogP contribution in [0.25, 0.3) is 0 Å². The van der Waals surface area contributed by atoms with Gasteiger partial charge in [0.25, 0.3) is 5.69 Å². The van der Waals surface area contributed by atoms with Gasteiger partial charge in [-0.05, 0) is 82.9 Å². The van der Waals surface area contributed by atoms with E-state index in [4.69, 9.17) is 71.1 Å². The van der Waals surface area contributed by atoms with Gasteiger partial charge in [0.1, 0.15) is 59.3 Å². The number of carbonyl (C=O) groups is 3. The molecule has 77 heavy (non-hydrogen) atoms. The molecule has 0 bridgehead atoms. The normalized spacial score (nSPS) is 22.9. The Labute approximate surface area is 445 Å². The number of methoxy groups -OCH3 is 4. The number of benzene rings is 5. The molecule has 5 aromatic rings. The molecule has 0 aliphatic carbocycles. The van der Waals surface area contributed by atoms with Crippen LogP contribution in [-0.4, -0.2) is 126 Å². The molecular formula is C56H63NO20. The second kappa shape index (κ2) is 28.1. The molecule has 2 saturated heterocycles. The number of hydrogen-bond acceptors (Lipinski definition) is 20. The molecule has 10 atom stereocenters. The van der Waals surface area contributed by atoms with Crippen LogP contribution in [0.3, 0.4) is 0 Å². The molecule has 2 heterocycles. The van der Waals surface area contributed by atoms with Crippen molar-refractivity contribution in [1.29, 1.82) is 0 Å². The topological polar surface area (TPSA) is 233 Å². The molecule has 0 saturated carbocycles. The Bertz CT molecular complexity index is 2650. The van der Waals surface area contributed by atoms with Crippen molar-refractivity contribution in [2.45, 2.75) is 109 Å². The smallest absolute Gasteiger partial charge is 0.303 e. The van der Waals surface area contributed by atoms with Gasteiger partial charge in [-0.15, -0.1) is 0 Å². The summed E-state index contributed by atoms with van der Waals surface area (Å²) < 4.78 is 92.1. The predicted molar refractivity (Wildman–Crippen MR) is 271 cm³/mol. The van der Waals surface area contributed by atoms with Crippen molar-refractivity contribution in [3.8, 4) is 28.7 Å². The quantitative estimate of drug-likeness (QED) is 0.0230. The molecule has 21 nitrogen and oxygen atoms in total. The Balaban J connectivity index is 1.28. The van der Waals surface area contributed by atoms with Crippen molar-refractivity contribution in [2.24, 2.45) is 0 Å². The summed E-state index contributed by atoms with van der Waals surface area (Å²) in [5.41, 5.74) is 3.00. The fraction of sp³-hybridized carbons (Fsp3) is 0.411. The van der Waals surface area contributed by atoms with E-state index in [-0.39, 0.29) is 44.5 Å². The van der Waals surface area contributed by atoms with Crippen molar-refractivity contribution < 1.29 is 90.4 Å². The van der Waals surface area contributed by atoms with Gasteiger partial charge in [-0.1, -0.05) is 48.5 Å². The number of nitro benzene ring substituents is 1. The summed E-state index contributed by atoms with van der Waals surface area (Å²) in [7, 11) is 6.31. The SMILES string of the molecule is COc1ccc(COC[C@H]2O[C@H](OC[C@H]3O[C@H](Oc4ccc([N+](=O)[O-])cc4)[C@H](OC(C)=O)[C@@H](OC(C)=O)[C@@H]3OC(C)=O)[C@H](OCc3ccc(OC)cc3)[C@@H](OCc3ccc(OC)cc3)[C@@H]2OCc2ccc(OC)cc2)cc1. The van der Waals surface area contributed by atoms with Crippen LogP contribution in [0.5, 0.6) is 28.7 Å². The third-order valence-electron chi connectivity index (χ3n) is 12.3. The van der Waals surface area contributed by atoms with E-state index in [0.717, 1.165) is 43.0 Å². The molecule has 2 fully saturated rings. The van der Waals surface area contributed by atoms with Gasteiger partial charge in [0.15, 0.2) is 18.5 Å². The number of rotatable bonds is 26. The van der Waals surface area contributed by atoms with E-state index in [1.54, 1.807) is 40.6 Å². The third-order valence-corrected chi connectivity index (χ3v) is 12.3. The molecular weight excluding hydrogens is 1010 g/mol. The van der Waals surface area contributed by atoms with Crippen LogP contribution in [0.15, 0.2) is 121 Å². The zero-order chi connectivity index (χ0) is 54.8. The highest BCUT2D eigenvalue weighted by Crippen LogP contribution is 2.36. The second-order valence-electron chi connectivity index (χ2n) is 17.7. The van der Waals surface area contributed by atoms with Crippen LogP contribution in [0.4, 0.5) is 5.69 Å². The van der Waals surface area contributed by atoms with Crippen molar-refractivity contribution in [3.63, 3.8) is 0 Å². The van der Waals surface area contributed by atoms with Crippen molar-refractivity contribution in [1.82, 2.24) is 0 Å². The minimum atomic E-state index is -1.57. The Kier molecular flexibility index (Phi) is 20.9. The molecule has 0 aromatic heterocycles. The summed E-state index contributed by atoms with van der Waals surface area (Å²) in [5, 5.41) is 11.5. The van der Waals surface area contributed by atoms with Gasteiger partial charge >= 0.3 is 17.9 Å². The fourth-order valence-corrected chi connectivity index (χ4v) is 8.53. The lowest BCUT2D eigenvalue weighted by atomic mass is 9.97. The Morgan fingerprint density at radius 3 is 1.25 bits per heavy atom. The zero-order valence-corrected chi connectivity index (χ0v) is 43.7. The van der Waals surface area contributed by atoms with Gasteiger partial charge in [0.05, 0.1) is 73.0 Å². The summed E-state index contributed by atoms with van der Waals surface area (Å²) in [6.07, 6.45) is -12.7. The van der Waals surface area contributed by atoms with Gasteiger partial charge in [0, 0.05) is 32.9 Å². The lowest BCUT2D eigenvalue weighted by Crippen LogP contribution is -2.65. The maximum absolute atomic E-state index is 12.9. The van der Waals surface area contributed by atoms with E-state index in [9.17, 15) is 24.5 Å².